The molecule has 2 heterocycles. The summed E-state index contributed by atoms with van der Waals surface area (Å²) in [7, 11) is 2.08. The third-order valence-corrected chi connectivity index (χ3v) is 5.76. The Labute approximate surface area is 166 Å². The maximum Gasteiger partial charge on any atom is 0.417 e. The van der Waals surface area contributed by atoms with Gasteiger partial charge in [-0.15, -0.1) is 0 Å². The van der Waals surface area contributed by atoms with E-state index in [-0.39, 0.29) is 11.1 Å². The number of likely N-dealkylation sites (tertiary alicyclic amines) is 1. The van der Waals surface area contributed by atoms with Crippen molar-refractivity contribution in [3.05, 3.63) is 70.9 Å². The predicted molar refractivity (Wildman–Crippen MR) is 106 cm³/mol. The molecule has 0 unspecified atom stereocenters. The molecule has 0 atom stereocenters. The minimum absolute atomic E-state index is 0.231. The summed E-state index contributed by atoms with van der Waals surface area (Å²) in [5.74, 6) is 5.77. The molecule has 1 aliphatic rings. The largest absolute Gasteiger partial charge is 0.417 e. The van der Waals surface area contributed by atoms with Gasteiger partial charge in [-0.1, -0.05) is 18.2 Å². The van der Waals surface area contributed by atoms with Crippen molar-refractivity contribution in [2.24, 2.45) is 0 Å². The third-order valence-electron chi connectivity index (χ3n) is 5.76. The van der Waals surface area contributed by atoms with Crippen LogP contribution in [0.2, 0.25) is 0 Å². The van der Waals surface area contributed by atoms with E-state index in [9.17, 15) is 18.0 Å². The van der Waals surface area contributed by atoms with E-state index in [0.29, 0.717) is 5.92 Å². The van der Waals surface area contributed by atoms with Gasteiger partial charge in [0.25, 0.3) is 0 Å². The lowest BCUT2D eigenvalue weighted by molar-refractivity contribution is -0.137. The number of carbonyl (C=O) groups excluding carboxylic acids is 1. The van der Waals surface area contributed by atoms with E-state index in [1.54, 1.807) is 18.2 Å². The van der Waals surface area contributed by atoms with Crippen LogP contribution >= 0.6 is 0 Å². The first-order valence-electron chi connectivity index (χ1n) is 9.55. The molecule has 152 valence electrons. The number of alkyl halides is 3. The smallest absolute Gasteiger partial charge is 0.339 e. The van der Waals surface area contributed by atoms with Crippen LogP contribution < -0.4 is 5.84 Å². The number of hydrogen-bond acceptors (Lipinski definition) is 3. The average Bonchev–Trinajstić information content (AvgIpc) is 3.03. The van der Waals surface area contributed by atoms with Crippen molar-refractivity contribution in [1.29, 1.82) is 0 Å². The van der Waals surface area contributed by atoms with Crippen LogP contribution in [0.15, 0.2) is 48.7 Å². The number of rotatable bonds is 3. The third kappa shape index (κ3) is 3.62. The molecule has 1 aromatic heterocycles. The van der Waals surface area contributed by atoms with Crippen LogP contribution in [-0.4, -0.2) is 35.5 Å². The van der Waals surface area contributed by atoms with Crippen LogP contribution in [0.25, 0.3) is 10.9 Å². The number of nitrogens with zero attached hydrogens (tertiary/aromatic N) is 2. The number of hydrogen-bond donors (Lipinski definition) is 1. The topological polar surface area (TPSA) is 51.3 Å². The van der Waals surface area contributed by atoms with Crippen LogP contribution in [0.5, 0.6) is 0 Å². The summed E-state index contributed by atoms with van der Waals surface area (Å²) < 4.78 is 41.6. The summed E-state index contributed by atoms with van der Waals surface area (Å²) in [5.41, 5.74) is 0.785. The Bertz CT molecular complexity index is 1060. The van der Waals surface area contributed by atoms with Gasteiger partial charge in [0.1, 0.15) is 0 Å². The predicted octanol–water partition coefficient (Wildman–Crippen LogP) is 4.41. The number of ketones is 1. The number of benzene rings is 2. The molecule has 1 fully saturated rings. The van der Waals surface area contributed by atoms with Crippen LogP contribution in [0.3, 0.4) is 0 Å². The molecule has 7 heteroatoms. The number of piperidine rings is 1. The van der Waals surface area contributed by atoms with Gasteiger partial charge >= 0.3 is 6.18 Å². The molecule has 0 aliphatic carbocycles. The molecule has 1 saturated heterocycles. The maximum absolute atomic E-state index is 13.3. The number of carbonyl (C=O) groups is 1. The minimum atomic E-state index is -4.59. The van der Waals surface area contributed by atoms with Crippen molar-refractivity contribution >= 4 is 16.7 Å². The zero-order chi connectivity index (χ0) is 20.8. The Balaban J connectivity index is 1.77. The minimum Gasteiger partial charge on any atom is -0.339 e. The van der Waals surface area contributed by atoms with E-state index in [4.69, 9.17) is 5.84 Å². The summed E-state index contributed by atoms with van der Waals surface area (Å²) in [5, 5.41) is 0.831. The first-order chi connectivity index (χ1) is 13.8. The van der Waals surface area contributed by atoms with Gasteiger partial charge in [-0.2, -0.15) is 13.2 Å². The van der Waals surface area contributed by atoms with E-state index in [1.807, 2.05) is 6.20 Å². The molecule has 2 aromatic carbocycles. The molecule has 3 aromatic rings. The fourth-order valence-corrected chi connectivity index (χ4v) is 4.15. The number of nitrogens with two attached hydrogens (primary N) is 1. The van der Waals surface area contributed by atoms with Gasteiger partial charge in [-0.3, -0.25) is 9.47 Å². The Hall–Kier alpha value is -2.80. The average molecular weight is 401 g/mol. The normalized spacial score (nSPS) is 16.4. The summed E-state index contributed by atoms with van der Waals surface area (Å²) in [4.78, 5) is 15.2. The van der Waals surface area contributed by atoms with Gasteiger partial charge in [-0.25, -0.2) is 0 Å². The van der Waals surface area contributed by atoms with Crippen molar-refractivity contribution in [3.8, 4) is 0 Å². The van der Waals surface area contributed by atoms with Crippen molar-refractivity contribution in [2.75, 3.05) is 26.0 Å². The van der Waals surface area contributed by atoms with E-state index in [1.165, 1.54) is 22.9 Å². The van der Waals surface area contributed by atoms with Crippen LogP contribution in [0.4, 0.5) is 13.2 Å². The number of nitrogen functional groups attached to an aromatic ring is 1. The summed E-state index contributed by atoms with van der Waals surface area (Å²) in [6.45, 7) is 1.94. The Morgan fingerprint density at radius 2 is 1.79 bits per heavy atom. The van der Waals surface area contributed by atoms with E-state index >= 15 is 0 Å². The lowest BCUT2D eigenvalue weighted by Gasteiger charge is -2.28. The second-order valence-electron chi connectivity index (χ2n) is 7.67. The molecule has 0 saturated carbocycles. The second-order valence-corrected chi connectivity index (χ2v) is 7.67. The summed E-state index contributed by atoms with van der Waals surface area (Å²) in [6, 6.07) is 9.82. The standard InChI is InChI=1S/C22H22F3N3O/c1-27-10-8-14(9-11-27)18-13-28(26)20-7-6-15(12-17(18)20)21(29)16-4-2-3-5-19(16)22(23,24)25/h2-7,12-14H,8-11,26H2,1H3. The van der Waals surface area contributed by atoms with Crippen LogP contribution in [-0.2, 0) is 6.18 Å². The van der Waals surface area contributed by atoms with Crippen LogP contribution in [0.1, 0.15) is 45.8 Å². The van der Waals surface area contributed by atoms with E-state index < -0.39 is 17.5 Å². The second kappa shape index (κ2) is 7.22. The summed E-state index contributed by atoms with van der Waals surface area (Å²) in [6.07, 6.45) is -0.760. The van der Waals surface area contributed by atoms with E-state index in [0.717, 1.165) is 48.5 Å². The van der Waals surface area contributed by atoms with E-state index in [2.05, 4.69) is 11.9 Å². The molecule has 0 radical (unpaired) electrons. The first kappa shape index (κ1) is 19.5. The number of fused-ring (bicyclic) bond motifs is 1. The highest BCUT2D eigenvalue weighted by molar-refractivity contribution is 6.11. The first-order valence-corrected chi connectivity index (χ1v) is 9.55. The maximum atomic E-state index is 13.3. The molecule has 0 bridgehead atoms. The molecule has 29 heavy (non-hydrogen) atoms. The van der Waals surface area contributed by atoms with Gasteiger partial charge in [0.2, 0.25) is 0 Å². The van der Waals surface area contributed by atoms with Crippen LogP contribution in [0, 0.1) is 0 Å². The molecule has 1 aliphatic heterocycles. The zero-order valence-electron chi connectivity index (χ0n) is 16.0. The van der Waals surface area contributed by atoms with Gasteiger partial charge < -0.3 is 10.7 Å². The Morgan fingerprint density at radius 3 is 2.48 bits per heavy atom. The molecule has 0 amide bonds. The lowest BCUT2D eigenvalue weighted by atomic mass is 9.88. The van der Waals surface area contributed by atoms with Crippen molar-refractivity contribution in [3.63, 3.8) is 0 Å². The zero-order valence-corrected chi connectivity index (χ0v) is 16.0. The quantitative estimate of drug-likeness (QED) is 0.522. The fraction of sp³-hybridized carbons (Fsp3) is 0.318. The number of aromatic nitrogens is 1. The highest BCUT2D eigenvalue weighted by atomic mass is 19.4. The molecular formula is C22H22F3N3O. The van der Waals surface area contributed by atoms with Crippen molar-refractivity contribution < 1.29 is 18.0 Å². The highest BCUT2D eigenvalue weighted by Crippen LogP contribution is 2.36. The lowest BCUT2D eigenvalue weighted by Crippen LogP contribution is -2.29. The van der Waals surface area contributed by atoms with Crippen molar-refractivity contribution in [1.82, 2.24) is 9.58 Å². The van der Waals surface area contributed by atoms with Gasteiger partial charge in [0.05, 0.1) is 11.1 Å². The molecule has 0 spiro atoms. The number of halogens is 3. The molecular weight excluding hydrogens is 379 g/mol. The highest BCUT2D eigenvalue weighted by Gasteiger charge is 2.35. The summed E-state index contributed by atoms with van der Waals surface area (Å²) >= 11 is 0. The molecule has 2 N–H and O–H groups in total. The molecule has 4 nitrogen and oxygen atoms in total. The van der Waals surface area contributed by atoms with Gasteiger partial charge in [0, 0.05) is 22.7 Å². The van der Waals surface area contributed by atoms with Gasteiger partial charge in [0.15, 0.2) is 5.78 Å². The SMILES string of the molecule is CN1CCC(c2cn(N)c3ccc(C(=O)c4ccccc4C(F)(F)F)cc23)CC1. The van der Waals surface area contributed by atoms with Gasteiger partial charge in [-0.05, 0) is 68.7 Å². The molecule has 4 rings (SSSR count). The fourth-order valence-electron chi connectivity index (χ4n) is 4.15. The van der Waals surface area contributed by atoms with Crippen molar-refractivity contribution in [2.45, 2.75) is 24.9 Å². The Kier molecular flexibility index (Phi) is 4.86. The Morgan fingerprint density at radius 1 is 1.10 bits per heavy atom. The monoisotopic (exact) mass is 401 g/mol.